The van der Waals surface area contributed by atoms with E-state index in [1.54, 1.807) is 13.8 Å². The second-order valence-corrected chi connectivity index (χ2v) is 2.01. The zero-order valence-corrected chi connectivity index (χ0v) is 5.76. The number of aliphatic imine (C=N–C) groups is 1. The molecule has 0 aromatic heterocycles. The van der Waals surface area contributed by atoms with Crippen molar-refractivity contribution in [1.29, 1.82) is 0 Å². The van der Waals surface area contributed by atoms with E-state index in [2.05, 4.69) is 4.99 Å². The topological polar surface area (TPSA) is 32.9 Å². The molecule has 3 nitrogen and oxygen atoms in total. The van der Waals surface area contributed by atoms with Crippen LogP contribution in [0.5, 0.6) is 0 Å². The van der Waals surface area contributed by atoms with Gasteiger partial charge in [-0.1, -0.05) is 0 Å². The summed E-state index contributed by atoms with van der Waals surface area (Å²) in [4.78, 5) is 3.88. The Kier molecular flexibility index (Phi) is 1.43. The van der Waals surface area contributed by atoms with E-state index < -0.39 is 0 Å². The Morgan fingerprint density at radius 2 is 2.38 bits per heavy atom. The summed E-state index contributed by atoms with van der Waals surface area (Å²) in [6.07, 6.45) is 0. The fourth-order valence-corrected chi connectivity index (χ4v) is 0.783. The molecule has 1 radical (unpaired) electrons. The predicted molar refractivity (Wildman–Crippen MR) is 30.6 cm³/mol. The van der Waals surface area contributed by atoms with Crippen molar-refractivity contribution in [3.63, 3.8) is 0 Å². The van der Waals surface area contributed by atoms with Crippen molar-refractivity contribution < 1.29 is 8.54 Å². The summed E-state index contributed by atoms with van der Waals surface area (Å²) in [6.45, 7) is 3.61. The van der Waals surface area contributed by atoms with Crippen LogP contribution in [0.4, 0.5) is 0 Å². The number of hydrogen-bond donors (Lipinski definition) is 0. The maximum atomic E-state index is 4.88. The molecule has 0 unspecified atom stereocenters. The van der Waals surface area contributed by atoms with Gasteiger partial charge in [0.25, 0.3) is 0 Å². The first kappa shape index (κ1) is 5.49. The molecule has 0 aromatic rings. The maximum absolute atomic E-state index is 4.88. The Balaban J connectivity index is 2.69. The highest BCUT2D eigenvalue weighted by Crippen LogP contribution is 1.87. The quantitative estimate of drug-likeness (QED) is 0.335. The zero-order valence-electron chi connectivity index (χ0n) is 4.76. The molecule has 0 saturated carbocycles. The summed E-state index contributed by atoms with van der Waals surface area (Å²) >= 11 is 0. The van der Waals surface area contributed by atoms with Crippen LogP contribution in [-0.4, -0.2) is 21.8 Å². The Morgan fingerprint density at radius 3 is 2.75 bits per heavy atom. The van der Waals surface area contributed by atoms with Crippen molar-refractivity contribution in [3.05, 3.63) is 0 Å². The standard InChI is InChI=1S/C4H6NO2Si/c1-3-5-4(2)7-8-6-3/h1-2H3. The van der Waals surface area contributed by atoms with Gasteiger partial charge in [-0.2, -0.15) is 0 Å². The minimum atomic E-state index is 0.0945. The lowest BCUT2D eigenvalue weighted by Crippen LogP contribution is -2.15. The minimum Gasteiger partial charge on any atom is -0.619 e. The van der Waals surface area contributed by atoms with Gasteiger partial charge in [0.2, 0.25) is 0 Å². The molecule has 0 amide bonds. The van der Waals surface area contributed by atoms with Crippen molar-refractivity contribution in [1.82, 2.24) is 0 Å². The summed E-state index contributed by atoms with van der Waals surface area (Å²) in [5, 5.41) is 0. The van der Waals surface area contributed by atoms with E-state index in [0.717, 1.165) is 0 Å². The first-order valence-electron chi connectivity index (χ1n) is 2.26. The SMILES string of the molecule is CC1=NC(C)=[O+][Si-]O1. The van der Waals surface area contributed by atoms with Crippen LogP contribution < -0.4 is 0 Å². The second kappa shape index (κ2) is 2.08. The van der Waals surface area contributed by atoms with Gasteiger partial charge < -0.3 is 8.54 Å². The molecule has 1 aliphatic heterocycles. The second-order valence-electron chi connectivity index (χ2n) is 1.44. The van der Waals surface area contributed by atoms with E-state index in [1.165, 1.54) is 0 Å². The number of hydrogen-bond acceptors (Lipinski definition) is 2. The fraction of sp³-hybridized carbons (Fsp3) is 0.500. The van der Waals surface area contributed by atoms with E-state index >= 15 is 0 Å². The molecule has 1 heterocycles. The smallest absolute Gasteiger partial charge is 0.426 e. The molecule has 4 heteroatoms. The van der Waals surface area contributed by atoms with Crippen LogP contribution in [0.3, 0.4) is 0 Å². The van der Waals surface area contributed by atoms with E-state index in [-0.39, 0.29) is 10.0 Å². The molecule has 0 bridgehead atoms. The van der Waals surface area contributed by atoms with Crippen LogP contribution in [0.1, 0.15) is 13.8 Å². The molecule has 43 valence electrons. The van der Waals surface area contributed by atoms with Gasteiger partial charge in [0, 0.05) is 6.92 Å². The summed E-state index contributed by atoms with van der Waals surface area (Å²) in [6, 6.07) is 0. The molecule has 0 aliphatic carbocycles. The van der Waals surface area contributed by atoms with Crippen LogP contribution in [0.25, 0.3) is 0 Å². The lowest BCUT2D eigenvalue weighted by molar-refractivity contribution is -0.304. The Hall–Kier alpha value is -0.643. The normalized spacial score (nSPS) is 17.8. The monoisotopic (exact) mass is 128 g/mol. The highest BCUT2D eigenvalue weighted by molar-refractivity contribution is 6.23. The van der Waals surface area contributed by atoms with E-state index in [1.807, 2.05) is 0 Å². The van der Waals surface area contributed by atoms with Gasteiger partial charge in [-0.05, 0) is 0 Å². The average Bonchev–Trinajstić information content (AvgIpc) is 1.64. The van der Waals surface area contributed by atoms with Crippen molar-refractivity contribution in [3.8, 4) is 0 Å². The van der Waals surface area contributed by atoms with Crippen molar-refractivity contribution >= 4 is 21.8 Å². The number of nitrogens with zero attached hydrogens (tertiary/aromatic N) is 1. The molecular formula is C4H6NO2Si. The zero-order chi connectivity index (χ0) is 5.98. The molecule has 8 heavy (non-hydrogen) atoms. The third-order valence-corrected chi connectivity index (χ3v) is 1.45. The van der Waals surface area contributed by atoms with Gasteiger partial charge >= 0.3 is 15.9 Å². The predicted octanol–water partition coefficient (Wildman–Crippen LogP) is 0.0514. The molecule has 0 fully saturated rings. The lowest BCUT2D eigenvalue weighted by Gasteiger charge is -2.07. The summed E-state index contributed by atoms with van der Waals surface area (Å²) in [5.41, 5.74) is 0. The third kappa shape index (κ3) is 1.16. The number of amides is 1. The Bertz CT molecular complexity index is 152. The molecule has 0 atom stereocenters. The highest BCUT2D eigenvalue weighted by Gasteiger charge is 2.02. The van der Waals surface area contributed by atoms with Crippen LogP contribution in [0.15, 0.2) is 4.99 Å². The Morgan fingerprint density at radius 1 is 1.62 bits per heavy atom. The average molecular weight is 128 g/mol. The summed E-state index contributed by atoms with van der Waals surface area (Å²) in [5.74, 6) is 1.37. The van der Waals surface area contributed by atoms with Crippen LogP contribution in [0, 0.1) is 0 Å². The van der Waals surface area contributed by atoms with Gasteiger partial charge in [0.05, 0.1) is 6.92 Å². The molecule has 0 saturated heterocycles. The number of rotatable bonds is 0. The molecule has 0 aromatic carbocycles. The van der Waals surface area contributed by atoms with Crippen LogP contribution in [-0.2, 0) is 8.54 Å². The van der Waals surface area contributed by atoms with Gasteiger partial charge in [-0.15, -0.1) is 4.99 Å². The van der Waals surface area contributed by atoms with Gasteiger partial charge in [-0.3, -0.25) is 0 Å². The van der Waals surface area contributed by atoms with Crippen molar-refractivity contribution in [2.24, 2.45) is 4.99 Å². The van der Waals surface area contributed by atoms with Crippen molar-refractivity contribution in [2.45, 2.75) is 13.8 Å². The van der Waals surface area contributed by atoms with Crippen LogP contribution in [0.2, 0.25) is 0 Å². The maximum Gasteiger partial charge on any atom is 0.426 e. The van der Waals surface area contributed by atoms with Gasteiger partial charge in [0.1, 0.15) is 0 Å². The first-order valence-corrected chi connectivity index (χ1v) is 3.08. The molecule has 0 spiro atoms. The minimum absolute atomic E-state index is 0.0945. The molecule has 1 aliphatic rings. The van der Waals surface area contributed by atoms with Crippen LogP contribution >= 0.6 is 0 Å². The lowest BCUT2D eigenvalue weighted by atomic mass is 10.7. The van der Waals surface area contributed by atoms with Gasteiger partial charge in [-0.25, -0.2) is 0 Å². The molecule has 1 rings (SSSR count). The van der Waals surface area contributed by atoms with E-state index in [0.29, 0.717) is 11.8 Å². The highest BCUT2D eigenvalue weighted by atomic mass is 28.2. The summed E-state index contributed by atoms with van der Waals surface area (Å²) in [7, 11) is 0.0945. The van der Waals surface area contributed by atoms with E-state index in [9.17, 15) is 0 Å². The van der Waals surface area contributed by atoms with E-state index in [4.69, 9.17) is 8.54 Å². The molecule has 0 N–H and O–H groups in total. The number of carbonyl (C=O) groups excluding carboxylic acids is 1. The first-order chi connectivity index (χ1) is 3.79. The van der Waals surface area contributed by atoms with Gasteiger partial charge in [0.15, 0.2) is 5.90 Å². The third-order valence-electron chi connectivity index (χ3n) is 0.694. The fourth-order valence-electron chi connectivity index (χ4n) is 0.409. The largest absolute Gasteiger partial charge is 0.619 e. The molecular weight excluding hydrogens is 122 g/mol. The summed E-state index contributed by atoms with van der Waals surface area (Å²) < 4.78 is 9.77. The Labute approximate surface area is 50.1 Å². The van der Waals surface area contributed by atoms with Crippen molar-refractivity contribution in [2.75, 3.05) is 0 Å².